The van der Waals surface area contributed by atoms with Crippen molar-refractivity contribution in [3.8, 4) is 0 Å². The Kier molecular flexibility index (Phi) is 20.0. The number of ether oxygens (including phenoxy) is 9. The molecule has 5 heterocycles. The second kappa shape index (κ2) is 23.8. The van der Waals surface area contributed by atoms with Crippen molar-refractivity contribution >= 4 is 25.7 Å². The van der Waals surface area contributed by atoms with Crippen molar-refractivity contribution in [3.05, 3.63) is 0 Å². The van der Waals surface area contributed by atoms with E-state index in [2.05, 4.69) is 4.52 Å². The summed E-state index contributed by atoms with van der Waals surface area (Å²) in [5.74, 6) is -16.9. The van der Waals surface area contributed by atoms with E-state index in [0.29, 0.717) is 0 Å². The minimum Gasteiger partial charge on any atom is -0.477 e. The fraction of sp³-hybridized carbons (Fsp3) is 0.917. The maximum atomic E-state index is 13.3. The van der Waals surface area contributed by atoms with Crippen molar-refractivity contribution in [1.29, 1.82) is 0 Å². The number of nitrogens with two attached hydrogens (primary N) is 2. The van der Waals surface area contributed by atoms with Crippen LogP contribution < -0.4 is 11.5 Å². The van der Waals surface area contributed by atoms with Gasteiger partial charge in [0.1, 0.15) is 91.6 Å². The van der Waals surface area contributed by atoms with Gasteiger partial charge in [0.2, 0.25) is 0 Å². The Morgan fingerprint density at radius 2 is 1.03 bits per heavy atom. The van der Waals surface area contributed by atoms with Gasteiger partial charge in [0.25, 0.3) is 17.4 Å². The Bertz CT molecular complexity index is 1890. The molecule has 5 fully saturated rings. The Morgan fingerprint density at radius 3 is 1.49 bits per heavy atom. The summed E-state index contributed by atoms with van der Waals surface area (Å²) < 4.78 is 66.2. The van der Waals surface area contributed by atoms with E-state index in [1.165, 1.54) is 0 Å². The molecule has 0 aromatic carbocycles. The van der Waals surface area contributed by atoms with Crippen LogP contribution in [-0.4, -0.2) is 299 Å². The summed E-state index contributed by atoms with van der Waals surface area (Å²) >= 11 is 0. The average Bonchev–Trinajstić information content (AvgIpc) is 3.32. The molecule has 0 radical (unpaired) electrons. The topological polar surface area (TPSA) is 597 Å². The van der Waals surface area contributed by atoms with Crippen LogP contribution in [-0.2, 0) is 66.1 Å². The second-order valence-electron chi connectivity index (χ2n) is 17.6. The molecule has 418 valence electrons. The predicted octanol–water partition coefficient (Wildman–Crippen LogP) is -12.3. The van der Waals surface area contributed by atoms with E-state index >= 15 is 0 Å². The zero-order valence-corrected chi connectivity index (χ0v) is 38.1. The average molecular weight is 1080 g/mol. The molecule has 0 bridgehead atoms. The zero-order valence-electron chi connectivity index (χ0n) is 37.2. The molecule has 5 aliphatic rings. The highest BCUT2D eigenvalue weighted by atomic mass is 31.2. The van der Waals surface area contributed by atoms with Gasteiger partial charge < -0.3 is 151 Å². The SMILES string of the molecule is N[C@@H]1[C@@H](O)[C@H](O)[C@@H](CO[C@H]2O[C@H](CO[C@]3(C(=O)O)C[C@@H](O[C@]4(C(=O)O)C[C@@H](O[C@]5(C(=O)O)C[C@@H](O)[C@@H](O)[C@@H]([C@H](O)CO)O5)[C@@H](O)[C@@H]([C@H](O)CO)O4)[C@@H](O)[C@@H]([C@H](O)CO)O3)[C@@H](OP(=O)(O)O)[C@H](O)[C@H]2N)O[C@@H]1O. The third-order valence-corrected chi connectivity index (χ3v) is 13.1. The number of carbonyl (C=O) groups is 3. The standard InChI is InChI=1S/C36H61N2O33P/c37-17-23(50)20(47)15(64-29(17)52)7-62-30-18(38)24(51)28(71-72(59,60)61)16(65-30)8-63-34(31(53)54)2-13(21(48)26(68-34)11(44)5-40)67-36(33(57)58)3-14(22(49)27(70-36)12(45)6-41)66-35(32(55)56)1-9(42)19(46)25(69-35)10(43)4-39/h9-30,39-52H,1-8,37-38H2,(H,53,54)(H,55,56)(H,57,58)(H2,59,60,61)/t9-,10-,11-,12-,13-,14-,15-,16-,17-,18-,19-,20-,21-,22-,23-,24-,25-,26-,27-,28-,29+,30+,34-,35-,36-/m1/s1. The van der Waals surface area contributed by atoms with Crippen LogP contribution in [0.25, 0.3) is 0 Å². The van der Waals surface area contributed by atoms with Crippen LogP contribution in [0.2, 0.25) is 0 Å². The summed E-state index contributed by atoms with van der Waals surface area (Å²) in [6.07, 6.45) is -47.4. The zero-order chi connectivity index (χ0) is 54.2. The number of aliphatic carboxylic acids is 3. The molecular formula is C36H61N2O33P. The van der Waals surface area contributed by atoms with Crippen LogP contribution in [0.4, 0.5) is 0 Å². The third-order valence-electron chi connectivity index (χ3n) is 12.6. The monoisotopic (exact) mass is 1080 g/mol. The summed E-state index contributed by atoms with van der Waals surface area (Å²) in [6, 6.07) is -3.30. The lowest BCUT2D eigenvalue weighted by atomic mass is 9.89. The molecule has 23 N–H and O–H groups in total. The van der Waals surface area contributed by atoms with Crippen molar-refractivity contribution in [2.75, 3.05) is 33.0 Å². The van der Waals surface area contributed by atoms with E-state index < -0.39 is 230 Å². The van der Waals surface area contributed by atoms with Crippen molar-refractivity contribution in [1.82, 2.24) is 0 Å². The van der Waals surface area contributed by atoms with Gasteiger partial charge in [0.05, 0.1) is 63.4 Å². The van der Waals surface area contributed by atoms with E-state index in [9.17, 15) is 116 Å². The summed E-state index contributed by atoms with van der Waals surface area (Å²) in [4.78, 5) is 58.8. The van der Waals surface area contributed by atoms with E-state index in [4.69, 9.17) is 54.1 Å². The van der Waals surface area contributed by atoms with Gasteiger partial charge in [-0.15, -0.1) is 0 Å². The summed E-state index contributed by atoms with van der Waals surface area (Å²) in [6.45, 7) is -6.08. The molecule has 0 aromatic rings. The number of aliphatic hydroxyl groups excluding tert-OH is 14. The fourth-order valence-corrected chi connectivity index (χ4v) is 9.19. The molecule has 35 nitrogen and oxygen atoms in total. The Labute approximate surface area is 403 Å². The molecule has 5 rings (SSSR count). The smallest absolute Gasteiger partial charge is 0.470 e. The lowest BCUT2D eigenvalue weighted by Gasteiger charge is -2.51. The maximum Gasteiger partial charge on any atom is 0.470 e. The number of carboxylic acid groups (broad SMARTS) is 3. The highest BCUT2D eigenvalue weighted by Gasteiger charge is 2.64. The Balaban J connectivity index is 1.50. The molecule has 25 atom stereocenters. The molecule has 0 saturated carbocycles. The number of hydrogen-bond donors (Lipinski definition) is 21. The van der Waals surface area contributed by atoms with Crippen LogP contribution in [0.3, 0.4) is 0 Å². The molecular weight excluding hydrogens is 1020 g/mol. The highest BCUT2D eigenvalue weighted by Crippen LogP contribution is 2.45. The molecule has 0 unspecified atom stereocenters. The quantitative estimate of drug-likeness (QED) is 0.0475. The minimum atomic E-state index is -5.65. The maximum absolute atomic E-state index is 13.3. The lowest BCUT2D eigenvalue weighted by Crippen LogP contribution is -2.70. The van der Waals surface area contributed by atoms with Gasteiger partial charge in [-0.2, -0.15) is 0 Å². The first-order valence-electron chi connectivity index (χ1n) is 21.6. The number of aliphatic hydroxyl groups is 14. The third kappa shape index (κ3) is 12.7. The van der Waals surface area contributed by atoms with E-state index in [1.54, 1.807) is 0 Å². The van der Waals surface area contributed by atoms with Gasteiger partial charge in [-0.05, 0) is 0 Å². The molecule has 0 spiro atoms. The van der Waals surface area contributed by atoms with Crippen molar-refractivity contribution in [3.63, 3.8) is 0 Å². The van der Waals surface area contributed by atoms with Gasteiger partial charge in [-0.1, -0.05) is 0 Å². The first-order chi connectivity index (χ1) is 33.4. The minimum absolute atomic E-state index is 0.820. The molecule has 0 amide bonds. The van der Waals surface area contributed by atoms with Crippen LogP contribution in [0.5, 0.6) is 0 Å². The number of carboxylic acids is 3. The molecule has 0 aliphatic carbocycles. The van der Waals surface area contributed by atoms with Crippen molar-refractivity contribution in [2.24, 2.45) is 11.5 Å². The van der Waals surface area contributed by atoms with Crippen LogP contribution in [0, 0.1) is 0 Å². The summed E-state index contributed by atoms with van der Waals surface area (Å²) in [5, 5.41) is 179. The molecule has 5 aliphatic heterocycles. The van der Waals surface area contributed by atoms with Crippen molar-refractivity contribution < 1.29 is 163 Å². The summed E-state index contributed by atoms with van der Waals surface area (Å²) in [7, 11) is -5.65. The Hall–Kier alpha value is -2.48. The van der Waals surface area contributed by atoms with Crippen molar-refractivity contribution in [2.45, 2.75) is 171 Å². The molecule has 72 heavy (non-hydrogen) atoms. The normalized spacial score (nSPS) is 45.4. The molecule has 0 aromatic heterocycles. The molecule has 5 saturated heterocycles. The largest absolute Gasteiger partial charge is 0.477 e. The summed E-state index contributed by atoms with van der Waals surface area (Å²) in [5.41, 5.74) is 11.6. The van der Waals surface area contributed by atoms with Gasteiger partial charge in [-0.25, -0.2) is 18.9 Å². The first kappa shape index (κ1) is 60.4. The van der Waals surface area contributed by atoms with E-state index in [-0.39, 0.29) is 0 Å². The van der Waals surface area contributed by atoms with Crippen LogP contribution in [0.1, 0.15) is 19.3 Å². The highest BCUT2D eigenvalue weighted by molar-refractivity contribution is 7.46. The van der Waals surface area contributed by atoms with E-state index in [1.807, 2.05) is 0 Å². The lowest BCUT2D eigenvalue weighted by molar-refractivity contribution is -0.394. The second-order valence-corrected chi connectivity index (χ2v) is 18.8. The van der Waals surface area contributed by atoms with Gasteiger partial charge in [0.15, 0.2) is 12.6 Å². The number of phosphoric acid groups is 1. The van der Waals surface area contributed by atoms with E-state index in [0.717, 1.165) is 0 Å². The first-order valence-corrected chi connectivity index (χ1v) is 23.2. The van der Waals surface area contributed by atoms with Crippen LogP contribution in [0.15, 0.2) is 0 Å². The van der Waals surface area contributed by atoms with Crippen LogP contribution >= 0.6 is 7.82 Å². The Morgan fingerprint density at radius 1 is 0.583 bits per heavy atom. The predicted molar refractivity (Wildman–Crippen MR) is 215 cm³/mol. The number of phosphoric ester groups is 1. The van der Waals surface area contributed by atoms with Gasteiger partial charge in [-0.3, -0.25) is 4.52 Å². The van der Waals surface area contributed by atoms with Gasteiger partial charge in [0, 0.05) is 19.3 Å². The van der Waals surface area contributed by atoms with Gasteiger partial charge >= 0.3 is 25.7 Å². The number of hydrogen-bond acceptors (Lipinski definition) is 30. The molecule has 36 heteroatoms. The fourth-order valence-electron chi connectivity index (χ4n) is 8.61. The number of rotatable bonds is 21.